The molecule has 0 saturated heterocycles. The van der Waals surface area contributed by atoms with Crippen molar-refractivity contribution in [1.82, 2.24) is 18.7 Å². The molecule has 0 radical (unpaired) electrons. The molecule has 146 valence electrons. The highest BCUT2D eigenvalue weighted by Crippen LogP contribution is 2.22. The van der Waals surface area contributed by atoms with Gasteiger partial charge in [0.15, 0.2) is 11.2 Å². The zero-order valence-electron chi connectivity index (χ0n) is 12.2. The van der Waals surface area contributed by atoms with E-state index in [1.165, 1.54) is 0 Å². The lowest BCUT2D eigenvalue weighted by atomic mass is 10.4. The van der Waals surface area contributed by atoms with Crippen LogP contribution in [0.15, 0.2) is 15.9 Å². The van der Waals surface area contributed by atoms with Gasteiger partial charge in [-0.05, 0) is 0 Å². The molecule has 2 aromatic rings. The predicted octanol–water partition coefficient (Wildman–Crippen LogP) is 2.05. The van der Waals surface area contributed by atoms with Gasteiger partial charge in [-0.3, -0.25) is 9.36 Å². The van der Waals surface area contributed by atoms with Gasteiger partial charge in [0.2, 0.25) is 0 Å². The highest BCUT2D eigenvalue weighted by Gasteiger charge is 2.36. The zero-order valence-corrected chi connectivity index (χ0v) is 12.2. The van der Waals surface area contributed by atoms with Gasteiger partial charge in [0, 0.05) is 0 Å². The van der Waals surface area contributed by atoms with Crippen LogP contribution in [0.2, 0.25) is 0 Å². The van der Waals surface area contributed by atoms with Crippen LogP contribution in [-0.2, 0) is 19.6 Å². The number of fused-ring (bicyclic) bond motifs is 1. The first-order valence-electron chi connectivity index (χ1n) is 6.48. The fraction of sp³-hybridized carbons (Fsp3) is 0.545. The largest absolute Gasteiger partial charge is 0.406 e. The second-order valence-electron chi connectivity index (χ2n) is 5.15. The Balaban J connectivity index is 2.84. The van der Waals surface area contributed by atoms with Gasteiger partial charge in [-0.2, -0.15) is 39.5 Å². The van der Waals surface area contributed by atoms with Crippen molar-refractivity contribution in [2.24, 2.45) is 0 Å². The van der Waals surface area contributed by atoms with Crippen LogP contribution in [-0.4, -0.2) is 37.2 Å². The molecule has 6 nitrogen and oxygen atoms in total. The lowest BCUT2D eigenvalue weighted by molar-refractivity contribution is -0.145. The molecular weight excluding hydrogens is 391 g/mol. The summed E-state index contributed by atoms with van der Waals surface area (Å²) in [6, 6.07) is 0. The molecule has 0 aromatic carbocycles. The maximum absolute atomic E-state index is 12.6. The average Bonchev–Trinajstić information content (AvgIpc) is 2.79. The SMILES string of the molecule is O=c1c2c(ncn2CC(F)(F)F)n(CC(F)(F)F)c(=O)n1CC(F)(F)F. The summed E-state index contributed by atoms with van der Waals surface area (Å²) >= 11 is 0. The van der Waals surface area contributed by atoms with E-state index in [9.17, 15) is 49.1 Å². The molecule has 0 amide bonds. The molecule has 0 atom stereocenters. The predicted molar refractivity (Wildman–Crippen MR) is 66.4 cm³/mol. The Morgan fingerprint density at radius 2 is 1.23 bits per heavy atom. The van der Waals surface area contributed by atoms with E-state index in [-0.39, 0.29) is 9.13 Å². The number of aromatic nitrogens is 4. The molecule has 0 fully saturated rings. The number of hydrogen-bond donors (Lipinski definition) is 0. The molecule has 26 heavy (non-hydrogen) atoms. The van der Waals surface area contributed by atoms with E-state index in [4.69, 9.17) is 0 Å². The summed E-state index contributed by atoms with van der Waals surface area (Å²) in [6.45, 7) is -6.30. The van der Waals surface area contributed by atoms with Crippen molar-refractivity contribution in [1.29, 1.82) is 0 Å². The summed E-state index contributed by atoms with van der Waals surface area (Å²) in [6.07, 6.45) is -14.9. The topological polar surface area (TPSA) is 61.8 Å². The molecule has 0 spiro atoms. The van der Waals surface area contributed by atoms with Crippen LogP contribution in [0.1, 0.15) is 0 Å². The van der Waals surface area contributed by atoms with Gasteiger partial charge in [0.25, 0.3) is 5.56 Å². The van der Waals surface area contributed by atoms with E-state index in [1.54, 1.807) is 0 Å². The Kier molecular flexibility index (Phi) is 4.62. The molecule has 0 saturated carbocycles. The Hall–Kier alpha value is -2.48. The minimum atomic E-state index is -5.18. The smallest absolute Gasteiger partial charge is 0.316 e. The molecule has 0 aliphatic heterocycles. The number of alkyl halides is 9. The van der Waals surface area contributed by atoms with Crippen LogP contribution in [0, 0.1) is 0 Å². The molecule has 2 aromatic heterocycles. The number of rotatable bonds is 3. The molecule has 2 heterocycles. The Bertz CT molecular complexity index is 929. The maximum Gasteiger partial charge on any atom is 0.406 e. The number of nitrogens with zero attached hydrogens (tertiary/aromatic N) is 4. The summed E-state index contributed by atoms with van der Waals surface area (Å²) < 4.78 is 112. The monoisotopic (exact) mass is 398 g/mol. The first-order valence-corrected chi connectivity index (χ1v) is 6.48. The lowest BCUT2D eigenvalue weighted by Crippen LogP contribution is -2.45. The van der Waals surface area contributed by atoms with Gasteiger partial charge in [-0.25, -0.2) is 14.3 Å². The van der Waals surface area contributed by atoms with Crippen LogP contribution >= 0.6 is 0 Å². The molecule has 0 unspecified atom stereocenters. The van der Waals surface area contributed by atoms with Crippen LogP contribution in [0.5, 0.6) is 0 Å². The van der Waals surface area contributed by atoms with E-state index in [0.29, 0.717) is 6.33 Å². The van der Waals surface area contributed by atoms with Gasteiger partial charge in [-0.15, -0.1) is 0 Å². The molecule has 0 bridgehead atoms. The average molecular weight is 398 g/mol. The van der Waals surface area contributed by atoms with E-state index in [2.05, 4.69) is 4.98 Å². The van der Waals surface area contributed by atoms with Gasteiger partial charge >= 0.3 is 24.2 Å². The summed E-state index contributed by atoms with van der Waals surface area (Å²) in [7, 11) is 0. The highest BCUT2D eigenvalue weighted by molar-refractivity contribution is 5.70. The van der Waals surface area contributed by atoms with E-state index < -0.39 is 65.1 Å². The third-order valence-corrected chi connectivity index (χ3v) is 3.01. The van der Waals surface area contributed by atoms with Crippen molar-refractivity contribution in [3.63, 3.8) is 0 Å². The van der Waals surface area contributed by atoms with Crippen molar-refractivity contribution >= 4 is 11.2 Å². The summed E-state index contributed by atoms with van der Waals surface area (Å²) in [5, 5.41) is 0. The fourth-order valence-corrected chi connectivity index (χ4v) is 2.19. The normalized spacial score (nSPS) is 13.6. The first kappa shape index (κ1) is 19.8. The number of hydrogen-bond acceptors (Lipinski definition) is 3. The van der Waals surface area contributed by atoms with Crippen molar-refractivity contribution in [2.75, 3.05) is 0 Å². The Morgan fingerprint density at radius 3 is 1.69 bits per heavy atom. The highest BCUT2D eigenvalue weighted by atomic mass is 19.4. The summed E-state index contributed by atoms with van der Waals surface area (Å²) in [5.41, 5.74) is -6.12. The van der Waals surface area contributed by atoms with Gasteiger partial charge in [0.1, 0.15) is 19.6 Å². The van der Waals surface area contributed by atoms with E-state index in [1.807, 2.05) is 0 Å². The van der Waals surface area contributed by atoms with Gasteiger partial charge < -0.3 is 4.57 Å². The Labute approximate surface area is 136 Å². The Morgan fingerprint density at radius 1 is 0.769 bits per heavy atom. The fourth-order valence-electron chi connectivity index (χ4n) is 2.19. The zero-order chi connectivity index (χ0) is 20.1. The number of imidazole rings is 1. The minimum absolute atomic E-state index is 0.0385. The van der Waals surface area contributed by atoms with Crippen molar-refractivity contribution in [3.8, 4) is 0 Å². The van der Waals surface area contributed by atoms with Crippen LogP contribution in [0.3, 0.4) is 0 Å². The third-order valence-electron chi connectivity index (χ3n) is 3.01. The first-order chi connectivity index (χ1) is 11.6. The second kappa shape index (κ2) is 6.05. The van der Waals surface area contributed by atoms with Crippen LogP contribution < -0.4 is 11.2 Å². The van der Waals surface area contributed by atoms with Crippen molar-refractivity contribution < 1.29 is 39.5 Å². The molecule has 0 aliphatic rings. The molecule has 0 aliphatic carbocycles. The van der Waals surface area contributed by atoms with Gasteiger partial charge in [0.05, 0.1) is 6.33 Å². The van der Waals surface area contributed by atoms with Crippen LogP contribution in [0.4, 0.5) is 39.5 Å². The molecule has 0 N–H and O–H groups in total. The summed E-state index contributed by atoms with van der Waals surface area (Å²) in [4.78, 5) is 27.1. The van der Waals surface area contributed by atoms with E-state index in [0.717, 1.165) is 0 Å². The quantitative estimate of drug-likeness (QED) is 0.744. The van der Waals surface area contributed by atoms with Gasteiger partial charge in [-0.1, -0.05) is 0 Å². The molecule has 15 heteroatoms. The van der Waals surface area contributed by atoms with Crippen LogP contribution in [0.25, 0.3) is 11.2 Å². The number of halogens is 9. The van der Waals surface area contributed by atoms with Crippen molar-refractivity contribution in [2.45, 2.75) is 38.2 Å². The molecule has 2 rings (SSSR count). The summed E-state index contributed by atoms with van der Waals surface area (Å²) in [5.74, 6) is 0. The van der Waals surface area contributed by atoms with Crippen molar-refractivity contribution in [3.05, 3.63) is 27.2 Å². The van der Waals surface area contributed by atoms with E-state index >= 15 is 0 Å². The lowest BCUT2D eigenvalue weighted by Gasteiger charge is -2.15. The minimum Gasteiger partial charge on any atom is -0.316 e. The third kappa shape index (κ3) is 4.37. The standard InChI is InChI=1S/C11H7F9N4O2/c12-9(13,14)1-22-4-21-6-5(22)7(25)24(3-11(18,19)20)8(26)23(6)2-10(15,16)17/h4H,1-3H2. The second-order valence-corrected chi connectivity index (χ2v) is 5.15. The maximum atomic E-state index is 12.6. The molecular formula is C11H7F9N4O2.